The van der Waals surface area contributed by atoms with E-state index in [1.54, 1.807) is 0 Å². The van der Waals surface area contributed by atoms with Gasteiger partial charge in [0, 0.05) is 54.9 Å². The van der Waals surface area contributed by atoms with Gasteiger partial charge in [-0.15, -0.1) is 0 Å². The van der Waals surface area contributed by atoms with Gasteiger partial charge in [0.2, 0.25) is 11.8 Å². The molecule has 0 saturated heterocycles. The fourth-order valence-electron chi connectivity index (χ4n) is 7.76. The molecule has 4 aromatic rings. The van der Waals surface area contributed by atoms with Gasteiger partial charge < -0.3 is 10.6 Å². The summed E-state index contributed by atoms with van der Waals surface area (Å²) < 4.78 is 0. The fraction of sp³-hybridized carbons (Fsp3) is 0.480. The third-order valence-corrected chi connectivity index (χ3v) is 11.3. The van der Waals surface area contributed by atoms with E-state index in [0.29, 0.717) is 30.8 Å². The van der Waals surface area contributed by atoms with Crippen molar-refractivity contribution in [3.8, 4) is 0 Å². The number of hydrogen-bond donors (Lipinski definition) is 2. The Kier molecular flexibility index (Phi) is 15.3. The summed E-state index contributed by atoms with van der Waals surface area (Å²) in [6.07, 6.45) is 11.1. The van der Waals surface area contributed by atoms with Gasteiger partial charge in [0.1, 0.15) is 0 Å². The lowest BCUT2D eigenvalue weighted by molar-refractivity contribution is -0.126. The van der Waals surface area contributed by atoms with Crippen molar-refractivity contribution in [3.63, 3.8) is 0 Å². The first-order valence-electron chi connectivity index (χ1n) is 21.4. The van der Waals surface area contributed by atoms with Crippen LogP contribution in [0.15, 0.2) is 84.9 Å². The summed E-state index contributed by atoms with van der Waals surface area (Å²) in [7, 11) is 0. The lowest BCUT2D eigenvalue weighted by atomic mass is 9.79. The number of nitrogens with zero attached hydrogens (tertiary/aromatic N) is 1. The zero-order valence-corrected chi connectivity index (χ0v) is 35.3. The first kappa shape index (κ1) is 43.3. The monoisotopic (exact) mass is 771 g/mol. The Morgan fingerprint density at radius 1 is 0.561 bits per heavy atom. The van der Waals surface area contributed by atoms with Gasteiger partial charge in [-0.25, -0.2) is 0 Å². The van der Waals surface area contributed by atoms with Crippen LogP contribution < -0.4 is 10.6 Å². The topological polar surface area (TPSA) is 95.6 Å². The highest BCUT2D eigenvalue weighted by molar-refractivity contribution is 6.25. The van der Waals surface area contributed by atoms with Gasteiger partial charge in [-0.3, -0.25) is 24.1 Å². The summed E-state index contributed by atoms with van der Waals surface area (Å²) in [4.78, 5) is 54.0. The molecular formula is C50H65N3O4. The van der Waals surface area contributed by atoms with Gasteiger partial charge in [0.15, 0.2) is 0 Å². The number of amides is 4. The molecular weight excluding hydrogens is 707 g/mol. The summed E-state index contributed by atoms with van der Waals surface area (Å²) in [5.41, 5.74) is 5.59. The Labute approximate surface area is 341 Å². The molecule has 0 fully saturated rings. The lowest BCUT2D eigenvalue weighted by Crippen LogP contribution is -2.41. The Balaban J connectivity index is 0.922. The van der Waals surface area contributed by atoms with Gasteiger partial charge in [-0.1, -0.05) is 166 Å². The average molecular weight is 772 g/mol. The van der Waals surface area contributed by atoms with Crippen molar-refractivity contribution in [2.45, 2.75) is 135 Å². The third-order valence-electron chi connectivity index (χ3n) is 11.3. The van der Waals surface area contributed by atoms with Crippen LogP contribution in [-0.4, -0.2) is 48.2 Å². The van der Waals surface area contributed by atoms with E-state index in [0.717, 1.165) is 78.0 Å². The second-order valence-electron chi connectivity index (χ2n) is 18.0. The van der Waals surface area contributed by atoms with Gasteiger partial charge in [0.05, 0.1) is 0 Å². The van der Waals surface area contributed by atoms with Crippen LogP contribution in [0.25, 0.3) is 10.8 Å². The molecule has 1 heterocycles. The van der Waals surface area contributed by atoms with Crippen LogP contribution in [0.3, 0.4) is 0 Å². The predicted octanol–water partition coefficient (Wildman–Crippen LogP) is 10.8. The molecule has 1 aliphatic heterocycles. The molecule has 0 aliphatic carbocycles. The zero-order chi connectivity index (χ0) is 41.0. The zero-order valence-electron chi connectivity index (χ0n) is 35.3. The Morgan fingerprint density at radius 2 is 0.982 bits per heavy atom. The lowest BCUT2D eigenvalue weighted by Gasteiger charge is -2.31. The van der Waals surface area contributed by atoms with E-state index in [-0.39, 0.29) is 53.2 Å². The van der Waals surface area contributed by atoms with E-state index < -0.39 is 0 Å². The first-order chi connectivity index (χ1) is 27.2. The molecule has 1 aliphatic rings. The SMILES string of the molecule is CC(C)(C)c1cc2c3c(cc(C(C)(C)C)cc3c1)C(=O)N(CCCCCCCCCCCCNC(=O)CCC(=O)NCC(c1ccccc1)c1ccccc1)C2=O. The highest BCUT2D eigenvalue weighted by atomic mass is 16.2. The molecule has 0 unspecified atom stereocenters. The van der Waals surface area contributed by atoms with Crippen molar-refractivity contribution in [1.29, 1.82) is 0 Å². The van der Waals surface area contributed by atoms with E-state index >= 15 is 0 Å². The summed E-state index contributed by atoms with van der Waals surface area (Å²) in [6, 6.07) is 28.7. The maximum Gasteiger partial charge on any atom is 0.261 e. The average Bonchev–Trinajstić information content (AvgIpc) is 3.18. The summed E-state index contributed by atoms with van der Waals surface area (Å²) in [5.74, 6) is -0.456. The van der Waals surface area contributed by atoms with Gasteiger partial charge in [0.25, 0.3) is 11.8 Å². The molecule has 0 atom stereocenters. The predicted molar refractivity (Wildman–Crippen MR) is 233 cm³/mol. The molecule has 57 heavy (non-hydrogen) atoms. The van der Waals surface area contributed by atoms with E-state index in [2.05, 4.69) is 88.6 Å². The van der Waals surface area contributed by atoms with Crippen LogP contribution in [0.2, 0.25) is 0 Å². The van der Waals surface area contributed by atoms with Gasteiger partial charge in [-0.2, -0.15) is 0 Å². The minimum atomic E-state index is -0.165. The number of hydrogen-bond acceptors (Lipinski definition) is 4. The smallest absolute Gasteiger partial charge is 0.261 e. The number of carbonyl (C=O) groups excluding carboxylic acids is 4. The molecule has 0 bridgehead atoms. The third kappa shape index (κ3) is 12.1. The normalized spacial score (nSPS) is 13.1. The van der Waals surface area contributed by atoms with Crippen LogP contribution in [0.5, 0.6) is 0 Å². The largest absolute Gasteiger partial charge is 0.356 e. The number of nitrogens with one attached hydrogen (secondary N) is 2. The summed E-state index contributed by atoms with van der Waals surface area (Å²) in [5, 5.41) is 7.80. The Hall–Kier alpha value is -4.78. The molecule has 2 N–H and O–H groups in total. The van der Waals surface area contributed by atoms with Crippen molar-refractivity contribution in [2.24, 2.45) is 0 Å². The molecule has 0 spiro atoms. The Morgan fingerprint density at radius 3 is 1.44 bits per heavy atom. The Bertz CT molecular complexity index is 1870. The molecule has 7 heteroatoms. The van der Waals surface area contributed by atoms with E-state index in [1.165, 1.54) is 24.2 Å². The van der Waals surface area contributed by atoms with Crippen molar-refractivity contribution in [2.75, 3.05) is 19.6 Å². The van der Waals surface area contributed by atoms with Crippen molar-refractivity contribution in [1.82, 2.24) is 15.5 Å². The van der Waals surface area contributed by atoms with Crippen molar-refractivity contribution < 1.29 is 19.2 Å². The highest BCUT2D eigenvalue weighted by Gasteiger charge is 2.35. The molecule has 0 radical (unpaired) electrons. The fourth-order valence-corrected chi connectivity index (χ4v) is 7.76. The number of imide groups is 1. The van der Waals surface area contributed by atoms with Crippen LogP contribution in [0, 0.1) is 0 Å². The van der Waals surface area contributed by atoms with Crippen LogP contribution in [-0.2, 0) is 20.4 Å². The summed E-state index contributed by atoms with van der Waals surface area (Å²) >= 11 is 0. The molecule has 0 saturated carbocycles. The number of carbonyl (C=O) groups is 4. The molecule has 7 nitrogen and oxygen atoms in total. The molecule has 4 aromatic carbocycles. The maximum absolute atomic E-state index is 13.8. The van der Waals surface area contributed by atoms with Crippen LogP contribution in [0.1, 0.15) is 167 Å². The second-order valence-corrected chi connectivity index (χ2v) is 18.0. The van der Waals surface area contributed by atoms with E-state index in [1.807, 2.05) is 48.5 Å². The first-order valence-corrected chi connectivity index (χ1v) is 21.4. The van der Waals surface area contributed by atoms with Gasteiger partial charge >= 0.3 is 0 Å². The molecule has 304 valence electrons. The quantitative estimate of drug-likeness (QED) is 0.0691. The minimum Gasteiger partial charge on any atom is -0.356 e. The maximum atomic E-state index is 13.8. The van der Waals surface area contributed by atoms with Crippen LogP contribution >= 0.6 is 0 Å². The van der Waals surface area contributed by atoms with Crippen LogP contribution in [0.4, 0.5) is 0 Å². The number of unbranched alkanes of at least 4 members (excludes halogenated alkanes) is 9. The summed E-state index contributed by atoms with van der Waals surface area (Å²) in [6.45, 7) is 14.6. The molecule has 4 amide bonds. The van der Waals surface area contributed by atoms with Crippen molar-refractivity contribution >= 4 is 34.4 Å². The second kappa shape index (κ2) is 20.1. The molecule has 0 aromatic heterocycles. The minimum absolute atomic E-state index is 0.0580. The highest BCUT2D eigenvalue weighted by Crippen LogP contribution is 2.38. The van der Waals surface area contributed by atoms with E-state index in [4.69, 9.17) is 0 Å². The standard InChI is InChI=1S/C50H65N3O4/c1-49(2,3)39-31-38-32-40(50(4,5)6)34-42-46(38)41(33-39)47(56)53(48(42)57)30-22-14-12-10-8-7-9-11-13-21-29-51-44(54)27-28-45(55)52-35-43(36-23-17-15-18-24-36)37-25-19-16-20-26-37/h15-20,23-26,31-34,43H,7-14,21-22,27-30,35H2,1-6H3,(H,51,54)(H,52,55). The number of benzene rings is 4. The molecule has 5 rings (SSSR count). The number of rotatable bonds is 20. The van der Waals surface area contributed by atoms with Gasteiger partial charge in [-0.05, 0) is 63.4 Å². The van der Waals surface area contributed by atoms with E-state index in [9.17, 15) is 19.2 Å². The van der Waals surface area contributed by atoms with Crippen molar-refractivity contribution in [3.05, 3.63) is 118 Å².